The summed E-state index contributed by atoms with van der Waals surface area (Å²) in [6.07, 6.45) is 0. The third-order valence-electron chi connectivity index (χ3n) is 0. The predicted octanol–water partition coefficient (Wildman–Crippen LogP) is -0.0291. The first-order valence-electron chi connectivity index (χ1n) is 0. The van der Waals surface area contributed by atoms with Crippen LogP contribution in [0.5, 0.6) is 0 Å². The smallest absolute Gasteiger partial charge is 0 e. The van der Waals surface area contributed by atoms with Gasteiger partial charge in [0.25, 0.3) is 0 Å². The molecule has 0 aromatic rings. The Kier molecular flexibility index (Phi) is 2380. The fourth-order valence-corrected chi connectivity index (χ4v) is 0. The van der Waals surface area contributed by atoms with Gasteiger partial charge in [0.05, 0.1) is 0 Å². The van der Waals surface area contributed by atoms with Crippen molar-refractivity contribution in [2.45, 2.75) is 7.43 Å². The number of hydrogen-bond acceptors (Lipinski definition) is 1. The Morgan fingerprint density at radius 1 is 1.00 bits per heavy atom. The minimum absolute atomic E-state index is 0. The van der Waals surface area contributed by atoms with Crippen LogP contribution in [0.3, 0.4) is 0 Å². The van der Waals surface area contributed by atoms with Gasteiger partial charge in [-0.3, -0.25) is 0 Å². The first-order valence-corrected chi connectivity index (χ1v) is 0. The zero-order chi connectivity index (χ0) is 0. The predicted molar refractivity (Wildman–Crippen MR) is 15.4 cm³/mol. The molecule has 0 saturated carbocycles. The van der Waals surface area contributed by atoms with Crippen molar-refractivity contribution >= 4 is 0 Å². The Labute approximate surface area is 41.4 Å². The van der Waals surface area contributed by atoms with E-state index in [4.69, 9.17) is 0 Å². The molecule has 0 aliphatic heterocycles. The minimum atomic E-state index is 0. The van der Waals surface area contributed by atoms with E-state index in [-0.39, 0.29) is 40.8 Å². The molecule has 5 N–H and O–H groups in total. The quantitative estimate of drug-likeness (QED) is 0.425. The van der Waals surface area contributed by atoms with Gasteiger partial charge in [0.1, 0.15) is 0 Å². The van der Waals surface area contributed by atoms with E-state index in [9.17, 15) is 0 Å². The first kappa shape index (κ1) is 152. The normalized spacial score (nSPS) is 0. The van der Waals surface area contributed by atoms with E-state index in [2.05, 4.69) is 0 Å². The topological polar surface area (TPSA) is 66.5 Å². The third kappa shape index (κ3) is 17.5. The second kappa shape index (κ2) is 62.7. The molecule has 0 fully saturated rings. The molecule has 4 heavy (non-hydrogen) atoms. The maximum atomic E-state index is 0. The standard InChI is InChI=1S/CH4.H3N.H2O.Ti/h1H4;1H3;1H2;. The molecule has 0 aliphatic rings. The van der Waals surface area contributed by atoms with E-state index >= 15 is 0 Å². The van der Waals surface area contributed by atoms with E-state index < -0.39 is 0 Å². The van der Waals surface area contributed by atoms with Crippen LogP contribution < -0.4 is 6.15 Å². The van der Waals surface area contributed by atoms with Crippen LogP contribution in [0.2, 0.25) is 0 Å². The van der Waals surface area contributed by atoms with E-state index in [1.54, 1.807) is 0 Å². The van der Waals surface area contributed by atoms with Crippen LogP contribution in [0.25, 0.3) is 0 Å². The first-order chi connectivity index (χ1) is 0. The fraction of sp³-hybridized carbons (Fsp3) is 1.00. The average Bonchev–Trinajstić information content (AvgIpc) is 0. The number of hydrogen-bond donors (Lipinski definition) is 1. The maximum absolute atomic E-state index is 0. The molecule has 28 valence electrons. The van der Waals surface area contributed by atoms with Gasteiger partial charge in [-0.25, -0.2) is 0 Å². The Balaban J connectivity index is 0. The maximum Gasteiger partial charge on any atom is 0 e. The summed E-state index contributed by atoms with van der Waals surface area (Å²) in [4.78, 5) is 0. The summed E-state index contributed by atoms with van der Waals surface area (Å²) in [5, 5.41) is 0. The molecule has 0 unspecified atom stereocenters. The summed E-state index contributed by atoms with van der Waals surface area (Å²) >= 11 is 0. The largest absolute Gasteiger partial charge is 0.412 e. The molecule has 3 heteroatoms. The van der Waals surface area contributed by atoms with Crippen molar-refractivity contribution in [3.8, 4) is 0 Å². The molecule has 0 aromatic carbocycles. The Hall–Kier alpha value is 0.634. The van der Waals surface area contributed by atoms with E-state index in [1.807, 2.05) is 0 Å². The summed E-state index contributed by atoms with van der Waals surface area (Å²) in [5.74, 6) is 0. The summed E-state index contributed by atoms with van der Waals surface area (Å²) in [5.41, 5.74) is 0. The summed E-state index contributed by atoms with van der Waals surface area (Å²) < 4.78 is 0. The van der Waals surface area contributed by atoms with Gasteiger partial charge in [0.15, 0.2) is 0 Å². The summed E-state index contributed by atoms with van der Waals surface area (Å²) in [6, 6.07) is 0. The molecule has 0 aliphatic carbocycles. The zero-order valence-electron chi connectivity index (χ0n) is 1.71. The van der Waals surface area contributed by atoms with Crippen LogP contribution in [0.1, 0.15) is 7.43 Å². The fourth-order valence-electron chi connectivity index (χ4n) is 0. The SMILES string of the molecule is C.N.O.[Ti]. The van der Waals surface area contributed by atoms with Gasteiger partial charge in [-0.15, -0.1) is 0 Å². The van der Waals surface area contributed by atoms with Gasteiger partial charge in [-0.05, 0) is 0 Å². The molecule has 0 spiro atoms. The number of rotatable bonds is 0. The molecule has 0 aromatic heterocycles. The van der Waals surface area contributed by atoms with Crippen LogP contribution in [0.15, 0.2) is 0 Å². The summed E-state index contributed by atoms with van der Waals surface area (Å²) in [7, 11) is 0. The molecule has 0 radical (unpaired) electrons. The van der Waals surface area contributed by atoms with Crippen LogP contribution in [-0.2, 0) is 21.7 Å². The molecule has 0 bridgehead atoms. The van der Waals surface area contributed by atoms with Gasteiger partial charge in [0, 0.05) is 21.7 Å². The van der Waals surface area contributed by atoms with Crippen LogP contribution in [-0.4, -0.2) is 5.48 Å². The molecular formula is CH9NOTi. The Bertz CT molecular complexity index is 8.00. The van der Waals surface area contributed by atoms with Crippen LogP contribution >= 0.6 is 0 Å². The van der Waals surface area contributed by atoms with Gasteiger partial charge in [-0.1, -0.05) is 7.43 Å². The molecule has 2 nitrogen and oxygen atoms in total. The minimum Gasteiger partial charge on any atom is -0.412 e. The zero-order valence-corrected chi connectivity index (χ0v) is 3.27. The Morgan fingerprint density at radius 3 is 1.00 bits per heavy atom. The molecule has 0 rings (SSSR count). The van der Waals surface area contributed by atoms with Crippen LogP contribution in [0.4, 0.5) is 0 Å². The van der Waals surface area contributed by atoms with Crippen molar-refractivity contribution in [2.24, 2.45) is 0 Å². The monoisotopic (exact) mass is 99.0 g/mol. The van der Waals surface area contributed by atoms with Crippen molar-refractivity contribution in [2.75, 3.05) is 0 Å². The van der Waals surface area contributed by atoms with Crippen molar-refractivity contribution in [3.05, 3.63) is 0 Å². The average molecular weight is 99.0 g/mol. The van der Waals surface area contributed by atoms with Crippen molar-refractivity contribution in [1.29, 1.82) is 0 Å². The molecule has 0 saturated heterocycles. The van der Waals surface area contributed by atoms with Gasteiger partial charge >= 0.3 is 0 Å². The third-order valence-corrected chi connectivity index (χ3v) is 0. The molecular weight excluding hydrogens is 89.9 g/mol. The van der Waals surface area contributed by atoms with Crippen molar-refractivity contribution in [1.82, 2.24) is 6.15 Å². The molecule has 0 atom stereocenters. The van der Waals surface area contributed by atoms with Gasteiger partial charge in [-0.2, -0.15) is 0 Å². The summed E-state index contributed by atoms with van der Waals surface area (Å²) in [6.45, 7) is 0. The second-order valence-corrected chi connectivity index (χ2v) is 0. The van der Waals surface area contributed by atoms with E-state index in [0.29, 0.717) is 0 Å². The van der Waals surface area contributed by atoms with Gasteiger partial charge in [0.2, 0.25) is 0 Å². The van der Waals surface area contributed by atoms with Crippen LogP contribution in [0, 0.1) is 0 Å². The molecule has 0 amide bonds. The second-order valence-electron chi connectivity index (χ2n) is 0. The molecule has 0 heterocycles. The van der Waals surface area contributed by atoms with Crippen molar-refractivity contribution < 1.29 is 27.2 Å². The van der Waals surface area contributed by atoms with Gasteiger partial charge < -0.3 is 11.6 Å². The van der Waals surface area contributed by atoms with E-state index in [1.165, 1.54) is 0 Å². The van der Waals surface area contributed by atoms with E-state index in [0.717, 1.165) is 0 Å². The van der Waals surface area contributed by atoms with Crippen molar-refractivity contribution in [3.63, 3.8) is 0 Å². The Morgan fingerprint density at radius 2 is 1.00 bits per heavy atom.